The van der Waals surface area contributed by atoms with E-state index in [1.54, 1.807) is 12.1 Å². The molecular formula is C13H14ClNO2. The minimum atomic E-state index is -0.987. The lowest BCUT2D eigenvalue weighted by Crippen LogP contribution is -2.07. The second-order valence-electron chi connectivity index (χ2n) is 3.58. The number of carboxylic acids is 1. The Morgan fingerprint density at radius 2 is 2.24 bits per heavy atom. The van der Waals surface area contributed by atoms with Crippen LogP contribution in [0.3, 0.4) is 0 Å². The fraction of sp³-hybridized carbons (Fsp3) is 0.308. The lowest BCUT2D eigenvalue weighted by molar-refractivity contribution is 0.0698. The highest BCUT2D eigenvalue weighted by atomic mass is 35.5. The van der Waals surface area contributed by atoms with E-state index >= 15 is 0 Å². The average molecular weight is 252 g/mol. The zero-order chi connectivity index (χ0) is 12.7. The Kier molecular flexibility index (Phi) is 5.38. The van der Waals surface area contributed by atoms with Crippen molar-refractivity contribution in [3.63, 3.8) is 0 Å². The predicted molar refractivity (Wildman–Crippen MR) is 69.6 cm³/mol. The molecule has 0 aliphatic heterocycles. The molecule has 0 saturated heterocycles. The smallest absolute Gasteiger partial charge is 0.337 e. The highest BCUT2D eigenvalue weighted by Gasteiger charge is 2.09. The molecule has 90 valence electrons. The number of rotatable bonds is 6. The first-order chi connectivity index (χ1) is 8.15. The van der Waals surface area contributed by atoms with Crippen LogP contribution in [0.4, 0.5) is 5.69 Å². The molecule has 0 aliphatic carbocycles. The number of halogens is 1. The normalized spacial score (nSPS) is 9.65. The van der Waals surface area contributed by atoms with Gasteiger partial charge in [0.25, 0.3) is 0 Å². The van der Waals surface area contributed by atoms with Crippen LogP contribution in [-0.4, -0.2) is 17.6 Å². The van der Waals surface area contributed by atoms with Crippen molar-refractivity contribution in [2.75, 3.05) is 11.9 Å². The summed E-state index contributed by atoms with van der Waals surface area (Å²) in [5, 5.41) is 12.5. The number of carboxylic acid groups (broad SMARTS) is 1. The van der Waals surface area contributed by atoms with Crippen LogP contribution in [-0.2, 0) is 0 Å². The van der Waals surface area contributed by atoms with Crippen molar-refractivity contribution >= 4 is 23.3 Å². The van der Waals surface area contributed by atoms with Gasteiger partial charge in [-0.15, -0.1) is 12.3 Å². The summed E-state index contributed by atoms with van der Waals surface area (Å²) in [5.74, 6) is 1.58. The van der Waals surface area contributed by atoms with Crippen LogP contribution in [0.5, 0.6) is 0 Å². The summed E-state index contributed by atoms with van der Waals surface area (Å²) in [6.45, 7) is 0.698. The molecule has 0 amide bonds. The zero-order valence-electron chi connectivity index (χ0n) is 9.37. The highest BCUT2D eigenvalue weighted by molar-refractivity contribution is 6.31. The van der Waals surface area contributed by atoms with Gasteiger partial charge in [-0.2, -0.15) is 0 Å². The van der Waals surface area contributed by atoms with E-state index < -0.39 is 5.97 Å². The topological polar surface area (TPSA) is 49.3 Å². The molecule has 0 aliphatic rings. The molecule has 0 unspecified atom stereocenters. The summed E-state index contributed by atoms with van der Waals surface area (Å²) in [4.78, 5) is 11.0. The Hall–Kier alpha value is -1.66. The maximum Gasteiger partial charge on any atom is 0.337 e. The fourth-order valence-electron chi connectivity index (χ4n) is 1.42. The van der Waals surface area contributed by atoms with Crippen molar-refractivity contribution in [2.45, 2.75) is 19.3 Å². The van der Waals surface area contributed by atoms with Gasteiger partial charge in [0.15, 0.2) is 0 Å². The molecule has 0 radical (unpaired) electrons. The third kappa shape index (κ3) is 4.38. The van der Waals surface area contributed by atoms with Gasteiger partial charge in [0.2, 0.25) is 0 Å². The average Bonchev–Trinajstić information content (AvgIpc) is 2.30. The first kappa shape index (κ1) is 13.4. The van der Waals surface area contributed by atoms with E-state index in [2.05, 4.69) is 11.2 Å². The maximum atomic E-state index is 11.0. The zero-order valence-corrected chi connectivity index (χ0v) is 10.1. The van der Waals surface area contributed by atoms with Crippen LogP contribution >= 0.6 is 11.6 Å². The summed E-state index contributed by atoms with van der Waals surface area (Å²) in [5.41, 5.74) is 0.775. The third-order valence-electron chi connectivity index (χ3n) is 2.28. The van der Waals surface area contributed by atoms with Crippen molar-refractivity contribution < 1.29 is 9.90 Å². The molecule has 1 aromatic carbocycles. The lowest BCUT2D eigenvalue weighted by Gasteiger charge is -2.09. The van der Waals surface area contributed by atoms with Crippen molar-refractivity contribution in [3.8, 4) is 12.3 Å². The van der Waals surface area contributed by atoms with Gasteiger partial charge in [-0.3, -0.25) is 0 Å². The van der Waals surface area contributed by atoms with Crippen LogP contribution < -0.4 is 5.32 Å². The quantitative estimate of drug-likeness (QED) is 0.603. The van der Waals surface area contributed by atoms with Gasteiger partial charge >= 0.3 is 5.97 Å². The van der Waals surface area contributed by atoms with Crippen molar-refractivity contribution in [2.24, 2.45) is 0 Å². The van der Waals surface area contributed by atoms with E-state index in [9.17, 15) is 4.79 Å². The van der Waals surface area contributed by atoms with E-state index in [1.165, 1.54) is 6.07 Å². The van der Waals surface area contributed by atoms with Crippen molar-refractivity contribution in [1.29, 1.82) is 0 Å². The number of aromatic carboxylic acids is 1. The number of terminal acetylenes is 1. The number of benzene rings is 1. The van der Waals surface area contributed by atoms with Gasteiger partial charge in [0, 0.05) is 23.7 Å². The van der Waals surface area contributed by atoms with Crippen LogP contribution in [0.25, 0.3) is 0 Å². The standard InChI is InChI=1S/C13H14ClNO2/c1-2-3-4-5-8-15-12-7-6-10(14)9-11(12)13(16)17/h1,6-7,9,15H,3-5,8H2,(H,16,17). The molecule has 1 aromatic rings. The summed E-state index contributed by atoms with van der Waals surface area (Å²) >= 11 is 5.75. The van der Waals surface area contributed by atoms with Gasteiger partial charge in [0.1, 0.15) is 0 Å². The number of anilines is 1. The van der Waals surface area contributed by atoms with Gasteiger partial charge < -0.3 is 10.4 Å². The number of nitrogens with one attached hydrogen (secondary N) is 1. The molecule has 0 bridgehead atoms. The molecular weight excluding hydrogens is 238 g/mol. The van der Waals surface area contributed by atoms with E-state index in [-0.39, 0.29) is 5.56 Å². The third-order valence-corrected chi connectivity index (χ3v) is 2.51. The molecule has 0 fully saturated rings. The Morgan fingerprint density at radius 1 is 1.47 bits per heavy atom. The molecule has 0 aromatic heterocycles. The Balaban J connectivity index is 2.59. The van der Waals surface area contributed by atoms with Crippen LogP contribution in [0, 0.1) is 12.3 Å². The Morgan fingerprint density at radius 3 is 2.88 bits per heavy atom. The monoisotopic (exact) mass is 251 g/mol. The Bertz CT molecular complexity index is 438. The molecule has 2 N–H and O–H groups in total. The van der Waals surface area contributed by atoms with E-state index in [1.807, 2.05) is 0 Å². The molecule has 0 heterocycles. The largest absolute Gasteiger partial charge is 0.478 e. The fourth-order valence-corrected chi connectivity index (χ4v) is 1.59. The van der Waals surface area contributed by atoms with Gasteiger partial charge in [-0.1, -0.05) is 11.6 Å². The van der Waals surface area contributed by atoms with Gasteiger partial charge in [-0.25, -0.2) is 4.79 Å². The van der Waals surface area contributed by atoms with Crippen LogP contribution in [0.2, 0.25) is 5.02 Å². The molecule has 3 nitrogen and oxygen atoms in total. The SMILES string of the molecule is C#CCCCCNc1ccc(Cl)cc1C(=O)O. The first-order valence-electron chi connectivity index (χ1n) is 5.35. The van der Waals surface area contributed by atoms with E-state index in [4.69, 9.17) is 23.1 Å². The van der Waals surface area contributed by atoms with Gasteiger partial charge in [-0.05, 0) is 31.0 Å². The maximum absolute atomic E-state index is 11.0. The number of carbonyl (C=O) groups is 1. The molecule has 4 heteroatoms. The second kappa shape index (κ2) is 6.82. The second-order valence-corrected chi connectivity index (χ2v) is 4.02. The number of unbranched alkanes of at least 4 members (excludes halogenated alkanes) is 2. The molecule has 0 atom stereocenters. The lowest BCUT2D eigenvalue weighted by atomic mass is 10.1. The minimum Gasteiger partial charge on any atom is -0.478 e. The minimum absolute atomic E-state index is 0.189. The molecule has 1 rings (SSSR count). The molecule has 17 heavy (non-hydrogen) atoms. The van der Waals surface area contributed by atoms with Crippen LogP contribution in [0.15, 0.2) is 18.2 Å². The predicted octanol–water partition coefficient (Wildman–Crippen LogP) is 3.25. The summed E-state index contributed by atoms with van der Waals surface area (Å²) in [6.07, 6.45) is 7.72. The van der Waals surface area contributed by atoms with Crippen molar-refractivity contribution in [1.82, 2.24) is 0 Å². The summed E-state index contributed by atoms with van der Waals surface area (Å²) < 4.78 is 0. The van der Waals surface area contributed by atoms with E-state index in [0.29, 0.717) is 17.3 Å². The van der Waals surface area contributed by atoms with E-state index in [0.717, 1.165) is 19.3 Å². The highest BCUT2D eigenvalue weighted by Crippen LogP contribution is 2.20. The number of hydrogen-bond acceptors (Lipinski definition) is 2. The van der Waals surface area contributed by atoms with Crippen LogP contribution in [0.1, 0.15) is 29.6 Å². The first-order valence-corrected chi connectivity index (χ1v) is 5.73. The molecule has 0 spiro atoms. The van der Waals surface area contributed by atoms with Gasteiger partial charge in [0.05, 0.1) is 5.56 Å². The number of hydrogen-bond donors (Lipinski definition) is 2. The molecule has 0 saturated carbocycles. The summed E-state index contributed by atoms with van der Waals surface area (Å²) in [6, 6.07) is 4.78. The van der Waals surface area contributed by atoms with Crippen molar-refractivity contribution in [3.05, 3.63) is 28.8 Å². The Labute approximate surface area is 106 Å². The summed E-state index contributed by atoms with van der Waals surface area (Å²) in [7, 11) is 0.